The predicted molar refractivity (Wildman–Crippen MR) is 70.2 cm³/mol. The Labute approximate surface area is 120 Å². The molecular weight excluding hydrogens is 310 g/mol. The zero-order chi connectivity index (χ0) is 15.5. The summed E-state index contributed by atoms with van der Waals surface area (Å²) in [5.41, 5.74) is -0.0137. The van der Waals surface area contributed by atoms with Gasteiger partial charge in [0.1, 0.15) is 10.9 Å². The zero-order valence-electron chi connectivity index (χ0n) is 10.6. The van der Waals surface area contributed by atoms with Gasteiger partial charge in [0.2, 0.25) is 10.0 Å². The third-order valence-electron chi connectivity index (χ3n) is 2.34. The maximum Gasteiger partial charge on any atom is 0.337 e. The standard InChI is InChI=1S/C11H12ClNO6S/c1-6(10(14)15)13-20(17,18)9-5-7(11(16)19-2)3-4-8(9)12/h3-6,13H,1-2H3,(H,14,15). The van der Waals surface area contributed by atoms with E-state index in [0.29, 0.717) is 0 Å². The van der Waals surface area contributed by atoms with E-state index in [9.17, 15) is 18.0 Å². The van der Waals surface area contributed by atoms with Crippen molar-refractivity contribution in [3.05, 3.63) is 28.8 Å². The van der Waals surface area contributed by atoms with Crippen LogP contribution in [0, 0.1) is 0 Å². The number of hydrogen-bond donors (Lipinski definition) is 2. The van der Waals surface area contributed by atoms with E-state index >= 15 is 0 Å². The van der Waals surface area contributed by atoms with Crippen molar-refractivity contribution in [1.29, 1.82) is 0 Å². The summed E-state index contributed by atoms with van der Waals surface area (Å²) in [6.07, 6.45) is 0. The van der Waals surface area contributed by atoms with Gasteiger partial charge in [-0.15, -0.1) is 0 Å². The molecule has 0 saturated heterocycles. The summed E-state index contributed by atoms with van der Waals surface area (Å²) in [4.78, 5) is 21.6. The number of halogens is 1. The van der Waals surface area contributed by atoms with E-state index in [4.69, 9.17) is 16.7 Å². The van der Waals surface area contributed by atoms with Gasteiger partial charge in [-0.1, -0.05) is 11.6 Å². The van der Waals surface area contributed by atoms with E-state index in [-0.39, 0.29) is 10.6 Å². The summed E-state index contributed by atoms with van der Waals surface area (Å²) in [5, 5.41) is 8.57. The van der Waals surface area contributed by atoms with Gasteiger partial charge in [0, 0.05) is 0 Å². The van der Waals surface area contributed by atoms with Crippen LogP contribution in [0.4, 0.5) is 0 Å². The van der Waals surface area contributed by atoms with Crippen LogP contribution in [0.1, 0.15) is 17.3 Å². The molecule has 0 bridgehead atoms. The Balaban J connectivity index is 3.24. The molecule has 0 fully saturated rings. The first kappa shape index (κ1) is 16.4. The van der Waals surface area contributed by atoms with Crippen LogP contribution in [0.15, 0.2) is 23.1 Å². The minimum Gasteiger partial charge on any atom is -0.480 e. The molecule has 0 radical (unpaired) electrons. The summed E-state index contributed by atoms with van der Waals surface area (Å²) >= 11 is 5.77. The van der Waals surface area contributed by atoms with Crippen LogP contribution < -0.4 is 4.72 Å². The molecule has 1 aromatic carbocycles. The highest BCUT2D eigenvalue weighted by Crippen LogP contribution is 2.23. The Morgan fingerprint density at radius 1 is 1.40 bits per heavy atom. The van der Waals surface area contributed by atoms with Gasteiger partial charge in [0.25, 0.3) is 0 Å². The topological polar surface area (TPSA) is 110 Å². The third kappa shape index (κ3) is 3.69. The average molecular weight is 322 g/mol. The van der Waals surface area contributed by atoms with Crippen LogP contribution >= 0.6 is 11.6 Å². The third-order valence-corrected chi connectivity index (χ3v) is 4.37. The lowest BCUT2D eigenvalue weighted by molar-refractivity contribution is -0.138. The SMILES string of the molecule is COC(=O)c1ccc(Cl)c(S(=O)(=O)NC(C)C(=O)O)c1. The number of benzene rings is 1. The quantitative estimate of drug-likeness (QED) is 0.779. The fourth-order valence-corrected chi connectivity index (χ4v) is 3.02. The smallest absolute Gasteiger partial charge is 0.337 e. The van der Waals surface area contributed by atoms with Gasteiger partial charge in [0.05, 0.1) is 17.7 Å². The highest BCUT2D eigenvalue weighted by atomic mass is 35.5. The van der Waals surface area contributed by atoms with Crippen molar-refractivity contribution in [2.45, 2.75) is 17.9 Å². The monoisotopic (exact) mass is 321 g/mol. The summed E-state index contributed by atoms with van der Waals surface area (Å²) in [6, 6.07) is 2.20. The Morgan fingerprint density at radius 2 is 2.00 bits per heavy atom. The van der Waals surface area contributed by atoms with Gasteiger partial charge in [-0.3, -0.25) is 4.79 Å². The highest BCUT2D eigenvalue weighted by molar-refractivity contribution is 7.89. The van der Waals surface area contributed by atoms with E-state index in [0.717, 1.165) is 20.1 Å². The molecule has 0 heterocycles. The van der Waals surface area contributed by atoms with Gasteiger partial charge >= 0.3 is 11.9 Å². The van der Waals surface area contributed by atoms with Crippen LogP contribution in [0.3, 0.4) is 0 Å². The van der Waals surface area contributed by atoms with Gasteiger partial charge in [0.15, 0.2) is 0 Å². The molecule has 1 aromatic rings. The number of esters is 1. The second kappa shape index (κ2) is 6.21. The first-order valence-electron chi connectivity index (χ1n) is 5.32. The number of methoxy groups -OCH3 is 1. The molecule has 0 saturated carbocycles. The van der Waals surface area contributed by atoms with E-state index < -0.39 is 32.9 Å². The second-order valence-electron chi connectivity index (χ2n) is 3.82. The Morgan fingerprint density at radius 3 is 2.50 bits per heavy atom. The first-order chi connectivity index (χ1) is 9.19. The molecule has 7 nitrogen and oxygen atoms in total. The van der Waals surface area contributed by atoms with Crippen molar-refractivity contribution in [2.24, 2.45) is 0 Å². The molecule has 0 aromatic heterocycles. The van der Waals surface area contributed by atoms with Crippen LogP contribution in [0.5, 0.6) is 0 Å². The van der Waals surface area contributed by atoms with E-state index in [1.165, 1.54) is 12.1 Å². The Hall–Kier alpha value is -1.64. The van der Waals surface area contributed by atoms with E-state index in [1.807, 2.05) is 4.72 Å². The van der Waals surface area contributed by atoms with Crippen LogP contribution in [0.2, 0.25) is 5.02 Å². The number of carbonyl (C=O) groups is 2. The zero-order valence-corrected chi connectivity index (χ0v) is 12.2. The normalized spacial score (nSPS) is 12.8. The van der Waals surface area contributed by atoms with Gasteiger partial charge in [-0.2, -0.15) is 4.72 Å². The Kier molecular flexibility index (Phi) is 5.09. The molecule has 2 N–H and O–H groups in total. The molecule has 20 heavy (non-hydrogen) atoms. The van der Waals surface area contributed by atoms with E-state index in [2.05, 4.69) is 4.74 Å². The maximum atomic E-state index is 12.0. The summed E-state index contributed by atoms with van der Waals surface area (Å²) in [6.45, 7) is 1.16. The number of rotatable bonds is 5. The number of sulfonamides is 1. The molecule has 9 heteroatoms. The van der Waals surface area contributed by atoms with Crippen LogP contribution in [-0.2, 0) is 19.6 Å². The number of nitrogens with one attached hydrogen (secondary N) is 1. The summed E-state index contributed by atoms with van der Waals surface area (Å²) < 4.78 is 30.4. The number of carboxylic acid groups (broad SMARTS) is 1. The van der Waals surface area contributed by atoms with Crippen molar-refractivity contribution in [1.82, 2.24) is 4.72 Å². The minimum absolute atomic E-state index is 0.0137. The number of hydrogen-bond acceptors (Lipinski definition) is 5. The van der Waals surface area contributed by atoms with Crippen molar-refractivity contribution in [2.75, 3.05) is 7.11 Å². The molecule has 1 rings (SSSR count). The lowest BCUT2D eigenvalue weighted by Crippen LogP contribution is -2.38. The van der Waals surface area contributed by atoms with E-state index in [1.54, 1.807) is 0 Å². The second-order valence-corrected chi connectivity index (χ2v) is 5.91. The Bertz CT molecular complexity index is 642. The highest BCUT2D eigenvalue weighted by Gasteiger charge is 2.25. The summed E-state index contributed by atoms with van der Waals surface area (Å²) in [5.74, 6) is -2.07. The van der Waals surface area contributed by atoms with Gasteiger partial charge in [-0.05, 0) is 25.1 Å². The van der Waals surface area contributed by atoms with Crippen LogP contribution in [-0.4, -0.2) is 38.6 Å². The van der Waals surface area contributed by atoms with Crippen LogP contribution in [0.25, 0.3) is 0 Å². The average Bonchev–Trinajstić information content (AvgIpc) is 2.37. The van der Waals surface area contributed by atoms with Gasteiger partial charge in [-0.25, -0.2) is 13.2 Å². The molecule has 0 spiro atoms. The van der Waals surface area contributed by atoms with Crippen molar-refractivity contribution >= 4 is 33.6 Å². The number of aliphatic carboxylic acids is 1. The number of carbonyl (C=O) groups excluding carboxylic acids is 1. The largest absolute Gasteiger partial charge is 0.480 e. The minimum atomic E-state index is -4.17. The first-order valence-corrected chi connectivity index (χ1v) is 7.18. The molecule has 0 amide bonds. The molecule has 0 aliphatic heterocycles. The summed E-state index contributed by atoms with van der Waals surface area (Å²) in [7, 11) is -3.02. The number of carboxylic acids is 1. The lowest BCUT2D eigenvalue weighted by atomic mass is 10.2. The lowest BCUT2D eigenvalue weighted by Gasteiger charge is -2.12. The maximum absolute atomic E-state index is 12.0. The van der Waals surface area contributed by atoms with Crippen molar-refractivity contribution in [3.63, 3.8) is 0 Å². The van der Waals surface area contributed by atoms with Crippen molar-refractivity contribution in [3.8, 4) is 0 Å². The molecule has 1 unspecified atom stereocenters. The molecule has 0 aliphatic rings. The molecule has 110 valence electrons. The van der Waals surface area contributed by atoms with Crippen molar-refractivity contribution < 1.29 is 27.9 Å². The fraction of sp³-hybridized carbons (Fsp3) is 0.273. The molecule has 1 atom stereocenters. The number of ether oxygens (including phenoxy) is 1. The molecule has 0 aliphatic carbocycles. The predicted octanol–water partition coefficient (Wildman–Crippen LogP) is 0.878. The van der Waals surface area contributed by atoms with Gasteiger partial charge < -0.3 is 9.84 Å². The molecular formula is C11H12ClNO6S. The fourth-order valence-electron chi connectivity index (χ4n) is 1.30.